The van der Waals surface area contributed by atoms with Crippen molar-refractivity contribution in [1.29, 1.82) is 0 Å². The van der Waals surface area contributed by atoms with Crippen LogP contribution >= 0.6 is 0 Å². The molecule has 1 aromatic heterocycles. The maximum atomic E-state index is 11.7. The molecule has 126 valence electrons. The minimum atomic E-state index is -0.0383. The van der Waals surface area contributed by atoms with Crippen LogP contribution in [0.5, 0.6) is 0 Å². The largest absolute Gasteiger partial charge is 0.353 e. The fourth-order valence-electron chi connectivity index (χ4n) is 2.22. The number of nitrogens with zero attached hydrogens (tertiary/aromatic N) is 5. The number of guanidine groups is 1. The molecule has 1 aromatic rings. The van der Waals surface area contributed by atoms with Crippen LogP contribution in [-0.2, 0) is 17.8 Å². The molecule has 0 aliphatic carbocycles. The molecule has 1 amide bonds. The number of likely N-dealkylation sites (N-methyl/N-ethyl adjacent to an activating group) is 1. The van der Waals surface area contributed by atoms with E-state index in [4.69, 9.17) is 0 Å². The predicted octanol–water partition coefficient (Wildman–Crippen LogP) is -0.208. The van der Waals surface area contributed by atoms with Crippen LogP contribution in [0, 0.1) is 0 Å². The number of rotatable bonds is 5. The maximum absolute atomic E-state index is 11.7. The SMILES string of the molecule is C=C(C)CNC(=NCC(=O)N(C)C)NC1CCc2ncnn2C1. The minimum Gasteiger partial charge on any atom is -0.353 e. The van der Waals surface area contributed by atoms with E-state index in [9.17, 15) is 4.79 Å². The molecule has 1 aliphatic heterocycles. The van der Waals surface area contributed by atoms with Gasteiger partial charge in [-0.05, 0) is 13.3 Å². The van der Waals surface area contributed by atoms with Gasteiger partial charge in [0.2, 0.25) is 5.91 Å². The molecule has 2 heterocycles. The highest BCUT2D eigenvalue weighted by Crippen LogP contribution is 2.11. The van der Waals surface area contributed by atoms with E-state index in [0.717, 1.165) is 30.8 Å². The van der Waals surface area contributed by atoms with Crippen molar-refractivity contribution in [3.8, 4) is 0 Å². The van der Waals surface area contributed by atoms with Crippen LogP contribution in [0.15, 0.2) is 23.5 Å². The summed E-state index contributed by atoms with van der Waals surface area (Å²) in [6.07, 6.45) is 3.41. The molecule has 23 heavy (non-hydrogen) atoms. The lowest BCUT2D eigenvalue weighted by atomic mass is 10.1. The number of hydrogen-bond acceptors (Lipinski definition) is 4. The highest BCUT2D eigenvalue weighted by molar-refractivity contribution is 5.85. The summed E-state index contributed by atoms with van der Waals surface area (Å²) < 4.78 is 1.91. The van der Waals surface area contributed by atoms with Gasteiger partial charge < -0.3 is 15.5 Å². The Morgan fingerprint density at radius 2 is 2.35 bits per heavy atom. The van der Waals surface area contributed by atoms with Gasteiger partial charge in [-0.25, -0.2) is 14.7 Å². The molecule has 1 unspecified atom stereocenters. The summed E-state index contributed by atoms with van der Waals surface area (Å²) in [6.45, 7) is 7.29. The number of hydrogen-bond donors (Lipinski definition) is 2. The second-order valence-corrected chi connectivity index (χ2v) is 6.00. The van der Waals surface area contributed by atoms with Crippen LogP contribution in [0.25, 0.3) is 0 Å². The highest BCUT2D eigenvalue weighted by Gasteiger charge is 2.20. The number of aryl methyl sites for hydroxylation is 1. The van der Waals surface area contributed by atoms with Crippen molar-refractivity contribution >= 4 is 11.9 Å². The molecule has 8 heteroatoms. The van der Waals surface area contributed by atoms with Gasteiger partial charge in [0.15, 0.2) is 5.96 Å². The van der Waals surface area contributed by atoms with Gasteiger partial charge in [0.25, 0.3) is 0 Å². The molecule has 0 radical (unpaired) electrons. The summed E-state index contributed by atoms with van der Waals surface area (Å²) in [5.74, 6) is 1.60. The lowest BCUT2D eigenvalue weighted by Gasteiger charge is -2.25. The van der Waals surface area contributed by atoms with Crippen molar-refractivity contribution in [2.24, 2.45) is 4.99 Å². The van der Waals surface area contributed by atoms with Gasteiger partial charge in [0, 0.05) is 33.1 Å². The van der Waals surface area contributed by atoms with Crippen molar-refractivity contribution in [2.45, 2.75) is 32.4 Å². The fraction of sp³-hybridized carbons (Fsp3) is 0.600. The Kier molecular flexibility index (Phi) is 5.72. The summed E-state index contributed by atoms with van der Waals surface area (Å²) in [4.78, 5) is 21.9. The first-order chi connectivity index (χ1) is 11.0. The number of aliphatic imine (C=N–C) groups is 1. The molecule has 0 saturated heterocycles. The van der Waals surface area contributed by atoms with Gasteiger partial charge in [0.05, 0.1) is 6.54 Å². The Bertz CT molecular complexity index is 590. The van der Waals surface area contributed by atoms with E-state index in [1.165, 1.54) is 4.90 Å². The molecular formula is C15H25N7O. The zero-order valence-corrected chi connectivity index (χ0v) is 14.0. The van der Waals surface area contributed by atoms with Crippen LogP contribution in [0.3, 0.4) is 0 Å². The van der Waals surface area contributed by atoms with E-state index in [1.807, 2.05) is 11.6 Å². The van der Waals surface area contributed by atoms with Crippen LogP contribution in [0.2, 0.25) is 0 Å². The second kappa shape index (κ2) is 7.75. The summed E-state index contributed by atoms with van der Waals surface area (Å²) in [7, 11) is 3.44. The quantitative estimate of drug-likeness (QED) is 0.445. The molecular weight excluding hydrogens is 294 g/mol. The Morgan fingerprint density at radius 3 is 3.04 bits per heavy atom. The maximum Gasteiger partial charge on any atom is 0.243 e. The van der Waals surface area contributed by atoms with Gasteiger partial charge in [-0.15, -0.1) is 0 Å². The first kappa shape index (κ1) is 17.0. The molecule has 1 aliphatic rings. The van der Waals surface area contributed by atoms with E-state index >= 15 is 0 Å². The average Bonchev–Trinajstić information content (AvgIpc) is 2.96. The lowest BCUT2D eigenvalue weighted by Crippen LogP contribution is -2.47. The van der Waals surface area contributed by atoms with Crippen LogP contribution in [0.1, 0.15) is 19.2 Å². The number of amides is 1. The third-order valence-electron chi connectivity index (χ3n) is 3.58. The number of carbonyl (C=O) groups is 1. The molecule has 0 spiro atoms. The number of nitrogens with one attached hydrogen (secondary N) is 2. The monoisotopic (exact) mass is 319 g/mol. The van der Waals surface area contributed by atoms with Gasteiger partial charge in [0.1, 0.15) is 18.7 Å². The first-order valence-corrected chi connectivity index (χ1v) is 7.71. The normalized spacial score (nSPS) is 17.3. The minimum absolute atomic E-state index is 0.0383. The zero-order chi connectivity index (χ0) is 16.8. The van der Waals surface area contributed by atoms with Crippen LogP contribution < -0.4 is 10.6 Å². The second-order valence-electron chi connectivity index (χ2n) is 6.00. The molecule has 2 N–H and O–H groups in total. The van der Waals surface area contributed by atoms with Crippen LogP contribution in [-0.4, -0.2) is 64.8 Å². The van der Waals surface area contributed by atoms with Gasteiger partial charge >= 0.3 is 0 Å². The molecule has 0 bridgehead atoms. The zero-order valence-electron chi connectivity index (χ0n) is 14.0. The third-order valence-corrected chi connectivity index (χ3v) is 3.58. The van der Waals surface area contributed by atoms with E-state index in [2.05, 4.69) is 32.3 Å². The van der Waals surface area contributed by atoms with Gasteiger partial charge in [-0.3, -0.25) is 4.79 Å². The summed E-state index contributed by atoms with van der Waals surface area (Å²) in [5, 5.41) is 10.8. The average molecular weight is 319 g/mol. The fourth-order valence-corrected chi connectivity index (χ4v) is 2.22. The van der Waals surface area contributed by atoms with Gasteiger partial charge in [-0.1, -0.05) is 12.2 Å². The Morgan fingerprint density at radius 1 is 1.57 bits per heavy atom. The van der Waals surface area contributed by atoms with Crippen LogP contribution in [0.4, 0.5) is 0 Å². The molecule has 0 fully saturated rings. The molecule has 8 nitrogen and oxygen atoms in total. The molecule has 0 aromatic carbocycles. The lowest BCUT2D eigenvalue weighted by molar-refractivity contribution is -0.127. The highest BCUT2D eigenvalue weighted by atomic mass is 16.2. The van der Waals surface area contributed by atoms with Crippen molar-refractivity contribution < 1.29 is 4.79 Å². The smallest absolute Gasteiger partial charge is 0.243 e. The van der Waals surface area contributed by atoms with E-state index < -0.39 is 0 Å². The summed E-state index contributed by atoms with van der Waals surface area (Å²) >= 11 is 0. The van der Waals surface area contributed by atoms with Gasteiger partial charge in [-0.2, -0.15) is 5.10 Å². The molecule has 1 atom stereocenters. The summed E-state index contributed by atoms with van der Waals surface area (Å²) in [6, 6.07) is 0.204. The number of fused-ring (bicyclic) bond motifs is 1. The third kappa shape index (κ3) is 5.08. The Hall–Kier alpha value is -2.38. The van der Waals surface area contributed by atoms with E-state index in [1.54, 1.807) is 20.4 Å². The molecule has 2 rings (SSSR count). The van der Waals surface area contributed by atoms with Crippen molar-refractivity contribution in [1.82, 2.24) is 30.3 Å². The van der Waals surface area contributed by atoms with Crippen molar-refractivity contribution in [2.75, 3.05) is 27.2 Å². The summed E-state index contributed by atoms with van der Waals surface area (Å²) in [5.41, 5.74) is 1.00. The molecule has 0 saturated carbocycles. The topological polar surface area (TPSA) is 87.4 Å². The van der Waals surface area contributed by atoms with Crippen molar-refractivity contribution in [3.05, 3.63) is 24.3 Å². The Labute approximate surface area is 136 Å². The first-order valence-electron chi connectivity index (χ1n) is 7.71. The van der Waals surface area contributed by atoms with Crippen molar-refractivity contribution in [3.63, 3.8) is 0 Å². The predicted molar refractivity (Wildman–Crippen MR) is 89.1 cm³/mol. The number of carbonyl (C=O) groups excluding carboxylic acids is 1. The number of aromatic nitrogens is 3. The standard InChI is InChI=1S/C15H25N7O/c1-11(2)7-16-15(17-8-14(23)21(3)4)20-12-5-6-13-18-10-19-22(13)9-12/h10,12H,1,5-9H2,2-4H3,(H2,16,17,20). The van der Waals surface area contributed by atoms with E-state index in [-0.39, 0.29) is 18.5 Å². The Balaban J connectivity index is 1.98. The van der Waals surface area contributed by atoms with E-state index in [0.29, 0.717) is 12.5 Å².